The highest BCUT2D eigenvalue weighted by Crippen LogP contribution is 2.17. The Labute approximate surface area is 106 Å². The molecule has 90 valence electrons. The van der Waals surface area contributed by atoms with Crippen molar-refractivity contribution in [3.63, 3.8) is 0 Å². The molecule has 0 N–H and O–H groups in total. The minimum atomic E-state index is -0.187. The normalized spacial score (nSPS) is 11.8. The van der Waals surface area contributed by atoms with E-state index in [0.29, 0.717) is 11.1 Å². The molecule has 18 heavy (non-hydrogen) atoms. The Morgan fingerprint density at radius 2 is 1.67 bits per heavy atom. The standard InChI is InChI=1S/C16H14O2/c1-12(11-17)14-8-5-9-15(10-14)16(18)13-6-3-2-4-7-13/h2-12H,1H3/t12-/m0/s1. The van der Waals surface area contributed by atoms with Gasteiger partial charge in [-0.1, -0.05) is 55.5 Å². The van der Waals surface area contributed by atoms with Gasteiger partial charge in [-0.2, -0.15) is 0 Å². The molecule has 0 unspecified atom stereocenters. The van der Waals surface area contributed by atoms with Crippen LogP contribution in [0.25, 0.3) is 0 Å². The Hall–Kier alpha value is -2.22. The van der Waals surface area contributed by atoms with Crippen molar-refractivity contribution in [2.45, 2.75) is 12.8 Å². The third-order valence-corrected chi connectivity index (χ3v) is 2.91. The van der Waals surface area contributed by atoms with E-state index in [-0.39, 0.29) is 11.7 Å². The molecule has 2 heteroatoms. The highest BCUT2D eigenvalue weighted by Gasteiger charge is 2.10. The second kappa shape index (κ2) is 5.41. The molecular formula is C16H14O2. The van der Waals surface area contributed by atoms with Crippen molar-refractivity contribution in [1.29, 1.82) is 0 Å². The first-order chi connectivity index (χ1) is 8.72. The second-order valence-corrected chi connectivity index (χ2v) is 4.25. The van der Waals surface area contributed by atoms with E-state index in [9.17, 15) is 9.59 Å². The summed E-state index contributed by atoms with van der Waals surface area (Å²) >= 11 is 0. The molecule has 0 heterocycles. The smallest absolute Gasteiger partial charge is 0.193 e. The lowest BCUT2D eigenvalue weighted by atomic mass is 9.96. The molecule has 1 atom stereocenters. The number of hydrogen-bond acceptors (Lipinski definition) is 2. The van der Waals surface area contributed by atoms with Crippen molar-refractivity contribution < 1.29 is 9.59 Å². The summed E-state index contributed by atoms with van der Waals surface area (Å²) in [6.45, 7) is 1.82. The maximum Gasteiger partial charge on any atom is 0.193 e. The molecule has 0 aliphatic rings. The van der Waals surface area contributed by atoms with Gasteiger partial charge in [0.25, 0.3) is 0 Å². The molecule has 0 saturated carbocycles. The molecule has 0 saturated heterocycles. The average Bonchev–Trinajstić information content (AvgIpc) is 2.46. The van der Waals surface area contributed by atoms with Gasteiger partial charge >= 0.3 is 0 Å². The number of aldehydes is 1. The van der Waals surface area contributed by atoms with Crippen molar-refractivity contribution in [3.05, 3.63) is 71.3 Å². The Morgan fingerprint density at radius 3 is 2.33 bits per heavy atom. The minimum Gasteiger partial charge on any atom is -0.303 e. The molecule has 0 aliphatic heterocycles. The lowest BCUT2D eigenvalue weighted by Crippen LogP contribution is -2.03. The molecule has 0 aromatic heterocycles. The molecule has 2 rings (SSSR count). The quantitative estimate of drug-likeness (QED) is 0.605. The summed E-state index contributed by atoms with van der Waals surface area (Å²) in [7, 11) is 0. The fourth-order valence-electron chi connectivity index (χ4n) is 1.80. The fraction of sp³-hybridized carbons (Fsp3) is 0.125. The van der Waals surface area contributed by atoms with E-state index in [1.54, 1.807) is 24.3 Å². The Balaban J connectivity index is 2.34. The van der Waals surface area contributed by atoms with Crippen molar-refractivity contribution in [1.82, 2.24) is 0 Å². The molecule has 0 aliphatic carbocycles. The maximum absolute atomic E-state index is 12.2. The van der Waals surface area contributed by atoms with Crippen LogP contribution in [0.3, 0.4) is 0 Å². The molecule has 2 aromatic rings. The fourth-order valence-corrected chi connectivity index (χ4v) is 1.80. The van der Waals surface area contributed by atoms with E-state index in [0.717, 1.165) is 11.8 Å². The van der Waals surface area contributed by atoms with Gasteiger partial charge in [0, 0.05) is 17.0 Å². The van der Waals surface area contributed by atoms with Crippen LogP contribution < -0.4 is 0 Å². The van der Waals surface area contributed by atoms with E-state index in [1.165, 1.54) is 0 Å². The molecule has 0 fully saturated rings. The highest BCUT2D eigenvalue weighted by molar-refractivity contribution is 6.09. The third-order valence-electron chi connectivity index (χ3n) is 2.91. The summed E-state index contributed by atoms with van der Waals surface area (Å²) in [4.78, 5) is 23.0. The molecule has 2 nitrogen and oxygen atoms in total. The zero-order valence-corrected chi connectivity index (χ0v) is 10.2. The molecule has 0 radical (unpaired) electrons. The van der Waals surface area contributed by atoms with Gasteiger partial charge in [0.15, 0.2) is 5.78 Å². The van der Waals surface area contributed by atoms with Crippen LogP contribution in [0.5, 0.6) is 0 Å². The van der Waals surface area contributed by atoms with Gasteiger partial charge in [-0.3, -0.25) is 4.79 Å². The van der Waals surface area contributed by atoms with Crippen LogP contribution in [0.2, 0.25) is 0 Å². The Morgan fingerprint density at radius 1 is 1.00 bits per heavy atom. The number of ketones is 1. The van der Waals surface area contributed by atoms with Crippen molar-refractivity contribution in [2.24, 2.45) is 0 Å². The molecule has 0 spiro atoms. The Bertz CT molecular complexity index is 558. The summed E-state index contributed by atoms with van der Waals surface area (Å²) in [6.07, 6.45) is 0.881. The van der Waals surface area contributed by atoms with E-state index in [4.69, 9.17) is 0 Å². The lowest BCUT2D eigenvalue weighted by Gasteiger charge is -2.06. The van der Waals surface area contributed by atoms with Crippen molar-refractivity contribution in [3.8, 4) is 0 Å². The van der Waals surface area contributed by atoms with Gasteiger partial charge in [-0.05, 0) is 11.6 Å². The Kier molecular flexibility index (Phi) is 3.68. The molecular weight excluding hydrogens is 224 g/mol. The van der Waals surface area contributed by atoms with Gasteiger partial charge in [-0.25, -0.2) is 0 Å². The van der Waals surface area contributed by atoms with E-state index in [1.807, 2.05) is 37.3 Å². The van der Waals surface area contributed by atoms with E-state index in [2.05, 4.69) is 0 Å². The zero-order chi connectivity index (χ0) is 13.0. The van der Waals surface area contributed by atoms with Crippen LogP contribution in [0, 0.1) is 0 Å². The monoisotopic (exact) mass is 238 g/mol. The molecule has 2 aromatic carbocycles. The number of benzene rings is 2. The largest absolute Gasteiger partial charge is 0.303 e. The van der Waals surface area contributed by atoms with Crippen LogP contribution in [0.1, 0.15) is 34.3 Å². The zero-order valence-electron chi connectivity index (χ0n) is 10.2. The van der Waals surface area contributed by atoms with E-state index >= 15 is 0 Å². The number of carbonyl (C=O) groups is 2. The second-order valence-electron chi connectivity index (χ2n) is 4.25. The lowest BCUT2D eigenvalue weighted by molar-refractivity contribution is -0.108. The summed E-state index contributed by atoms with van der Waals surface area (Å²) in [5.41, 5.74) is 2.15. The minimum absolute atomic E-state index is 0.0180. The van der Waals surface area contributed by atoms with E-state index < -0.39 is 0 Å². The first-order valence-corrected chi connectivity index (χ1v) is 5.87. The molecule has 0 amide bonds. The predicted octanol–water partition coefficient (Wildman–Crippen LogP) is 3.22. The summed E-state index contributed by atoms with van der Waals surface area (Å²) in [5.74, 6) is -0.205. The first-order valence-electron chi connectivity index (χ1n) is 5.87. The predicted molar refractivity (Wildman–Crippen MR) is 70.8 cm³/mol. The first kappa shape index (κ1) is 12.2. The molecule has 0 bridgehead atoms. The van der Waals surface area contributed by atoms with Crippen LogP contribution in [0.4, 0.5) is 0 Å². The van der Waals surface area contributed by atoms with Gasteiger partial charge in [0.2, 0.25) is 0 Å². The number of rotatable bonds is 4. The average molecular weight is 238 g/mol. The van der Waals surface area contributed by atoms with Crippen molar-refractivity contribution >= 4 is 12.1 Å². The van der Waals surface area contributed by atoms with Crippen LogP contribution in [-0.4, -0.2) is 12.1 Å². The SMILES string of the molecule is C[C@@H](C=O)c1cccc(C(=O)c2ccccc2)c1. The third kappa shape index (κ3) is 2.54. The van der Waals surface area contributed by atoms with Gasteiger partial charge < -0.3 is 4.79 Å². The summed E-state index contributed by atoms with van der Waals surface area (Å²) in [6, 6.07) is 16.4. The van der Waals surface area contributed by atoms with Crippen LogP contribution in [0.15, 0.2) is 54.6 Å². The number of hydrogen-bond donors (Lipinski definition) is 0. The highest BCUT2D eigenvalue weighted by atomic mass is 16.1. The van der Waals surface area contributed by atoms with Gasteiger partial charge in [0.1, 0.15) is 6.29 Å². The van der Waals surface area contributed by atoms with Crippen LogP contribution >= 0.6 is 0 Å². The summed E-state index contributed by atoms with van der Waals surface area (Å²) < 4.78 is 0. The van der Waals surface area contributed by atoms with Gasteiger partial charge in [-0.15, -0.1) is 0 Å². The summed E-state index contributed by atoms with van der Waals surface area (Å²) in [5, 5.41) is 0. The maximum atomic E-state index is 12.2. The topological polar surface area (TPSA) is 34.1 Å². The number of carbonyl (C=O) groups excluding carboxylic acids is 2. The van der Waals surface area contributed by atoms with Crippen molar-refractivity contribution in [2.75, 3.05) is 0 Å². The van der Waals surface area contributed by atoms with Crippen LogP contribution in [-0.2, 0) is 4.79 Å². The van der Waals surface area contributed by atoms with Gasteiger partial charge in [0.05, 0.1) is 0 Å².